The zero-order chi connectivity index (χ0) is 10.7. The van der Waals surface area contributed by atoms with Crippen LogP contribution in [0.3, 0.4) is 0 Å². The Bertz CT molecular complexity index is 306. The lowest BCUT2D eigenvalue weighted by Crippen LogP contribution is -2.29. The number of nitrogens with zero attached hydrogens (tertiary/aromatic N) is 2. The first kappa shape index (κ1) is 10.6. The van der Waals surface area contributed by atoms with Crippen molar-refractivity contribution in [1.29, 1.82) is 0 Å². The standard InChI is InChI=1S/C12H19N3/c1-3-6-15-11(12(2)4-5-12)10-9-13-7-8-14-10/h7-9,11,15H,3-6H2,1-2H3. The number of nitrogens with one attached hydrogen (secondary N) is 1. The van der Waals surface area contributed by atoms with E-state index in [-0.39, 0.29) is 0 Å². The molecule has 2 rings (SSSR count). The van der Waals surface area contributed by atoms with Crippen LogP contribution in [-0.4, -0.2) is 16.5 Å². The molecule has 0 aliphatic heterocycles. The number of rotatable bonds is 5. The number of aromatic nitrogens is 2. The first-order valence-electron chi connectivity index (χ1n) is 5.75. The lowest BCUT2D eigenvalue weighted by molar-refractivity contribution is 0.358. The first-order chi connectivity index (χ1) is 7.26. The summed E-state index contributed by atoms with van der Waals surface area (Å²) in [6.45, 7) is 5.57. The van der Waals surface area contributed by atoms with E-state index in [0.717, 1.165) is 18.7 Å². The molecule has 0 radical (unpaired) electrons. The Morgan fingerprint density at radius 2 is 2.27 bits per heavy atom. The molecule has 0 spiro atoms. The Kier molecular flexibility index (Phi) is 3.00. The summed E-state index contributed by atoms with van der Waals surface area (Å²) in [4.78, 5) is 8.57. The van der Waals surface area contributed by atoms with Gasteiger partial charge in [-0.2, -0.15) is 0 Å². The quantitative estimate of drug-likeness (QED) is 0.801. The average Bonchev–Trinajstić information content (AvgIpc) is 2.99. The van der Waals surface area contributed by atoms with E-state index in [1.54, 1.807) is 12.4 Å². The summed E-state index contributed by atoms with van der Waals surface area (Å²) in [6, 6.07) is 0.381. The average molecular weight is 205 g/mol. The summed E-state index contributed by atoms with van der Waals surface area (Å²) < 4.78 is 0. The molecule has 82 valence electrons. The summed E-state index contributed by atoms with van der Waals surface area (Å²) in [7, 11) is 0. The van der Waals surface area contributed by atoms with Gasteiger partial charge in [0, 0.05) is 18.6 Å². The molecule has 1 N–H and O–H groups in total. The van der Waals surface area contributed by atoms with E-state index in [2.05, 4.69) is 29.1 Å². The second-order valence-electron chi connectivity index (χ2n) is 4.67. The van der Waals surface area contributed by atoms with Crippen LogP contribution in [0.15, 0.2) is 18.6 Å². The van der Waals surface area contributed by atoms with Gasteiger partial charge in [0.1, 0.15) is 0 Å². The molecule has 1 atom stereocenters. The molecule has 0 bridgehead atoms. The molecular weight excluding hydrogens is 186 g/mol. The van der Waals surface area contributed by atoms with Gasteiger partial charge in [0.15, 0.2) is 0 Å². The fraction of sp³-hybridized carbons (Fsp3) is 0.667. The minimum Gasteiger partial charge on any atom is -0.308 e. The zero-order valence-electron chi connectivity index (χ0n) is 9.53. The van der Waals surface area contributed by atoms with E-state index in [1.807, 2.05) is 6.20 Å². The highest BCUT2D eigenvalue weighted by atomic mass is 15.0. The minimum atomic E-state index is 0.381. The van der Waals surface area contributed by atoms with Crippen LogP contribution in [0.4, 0.5) is 0 Å². The van der Waals surface area contributed by atoms with Gasteiger partial charge in [-0.25, -0.2) is 0 Å². The molecule has 1 heterocycles. The Morgan fingerprint density at radius 1 is 1.47 bits per heavy atom. The lowest BCUT2D eigenvalue weighted by atomic mass is 9.96. The molecule has 1 aromatic heterocycles. The third-order valence-corrected chi connectivity index (χ3v) is 3.21. The third-order valence-electron chi connectivity index (χ3n) is 3.21. The largest absolute Gasteiger partial charge is 0.308 e. The van der Waals surface area contributed by atoms with Gasteiger partial charge in [-0.05, 0) is 31.2 Å². The van der Waals surface area contributed by atoms with Crippen LogP contribution in [0.2, 0.25) is 0 Å². The van der Waals surface area contributed by atoms with E-state index in [9.17, 15) is 0 Å². The maximum absolute atomic E-state index is 4.41. The smallest absolute Gasteiger partial charge is 0.0761 e. The van der Waals surface area contributed by atoms with Gasteiger partial charge >= 0.3 is 0 Å². The van der Waals surface area contributed by atoms with Crippen molar-refractivity contribution in [2.75, 3.05) is 6.54 Å². The SMILES string of the molecule is CCCNC(c1cnccn1)C1(C)CC1. The maximum Gasteiger partial charge on any atom is 0.0761 e. The maximum atomic E-state index is 4.41. The normalized spacial score (nSPS) is 19.9. The van der Waals surface area contributed by atoms with Gasteiger partial charge in [0.2, 0.25) is 0 Å². The van der Waals surface area contributed by atoms with Crippen molar-refractivity contribution in [3.63, 3.8) is 0 Å². The van der Waals surface area contributed by atoms with Crippen molar-refractivity contribution in [3.05, 3.63) is 24.3 Å². The van der Waals surface area contributed by atoms with Gasteiger partial charge in [0.25, 0.3) is 0 Å². The van der Waals surface area contributed by atoms with Crippen molar-refractivity contribution in [3.8, 4) is 0 Å². The molecule has 1 saturated carbocycles. The highest BCUT2D eigenvalue weighted by Gasteiger charge is 2.45. The van der Waals surface area contributed by atoms with Crippen LogP contribution in [0.5, 0.6) is 0 Å². The second-order valence-corrected chi connectivity index (χ2v) is 4.67. The van der Waals surface area contributed by atoms with E-state index >= 15 is 0 Å². The third kappa shape index (κ3) is 2.34. The first-order valence-corrected chi connectivity index (χ1v) is 5.75. The Balaban J connectivity index is 2.12. The van der Waals surface area contributed by atoms with Gasteiger partial charge in [-0.1, -0.05) is 13.8 Å². The van der Waals surface area contributed by atoms with Gasteiger partial charge < -0.3 is 5.32 Å². The Morgan fingerprint density at radius 3 is 2.80 bits per heavy atom. The summed E-state index contributed by atoms with van der Waals surface area (Å²) in [5.74, 6) is 0. The molecular formula is C12H19N3. The van der Waals surface area contributed by atoms with Crippen molar-refractivity contribution >= 4 is 0 Å². The van der Waals surface area contributed by atoms with Crippen molar-refractivity contribution in [2.45, 2.75) is 39.2 Å². The minimum absolute atomic E-state index is 0.381. The van der Waals surface area contributed by atoms with Crippen LogP contribution in [0, 0.1) is 5.41 Å². The summed E-state index contributed by atoms with van der Waals surface area (Å²) in [5.41, 5.74) is 1.50. The molecule has 1 aliphatic rings. The molecule has 0 aromatic carbocycles. The molecule has 15 heavy (non-hydrogen) atoms. The van der Waals surface area contributed by atoms with Gasteiger partial charge in [-0.15, -0.1) is 0 Å². The van der Waals surface area contributed by atoms with E-state index < -0.39 is 0 Å². The fourth-order valence-electron chi connectivity index (χ4n) is 1.94. The molecule has 3 nitrogen and oxygen atoms in total. The second kappa shape index (κ2) is 4.27. The number of hydrogen-bond acceptors (Lipinski definition) is 3. The summed E-state index contributed by atoms with van der Waals surface area (Å²) in [6.07, 6.45) is 9.15. The summed E-state index contributed by atoms with van der Waals surface area (Å²) >= 11 is 0. The van der Waals surface area contributed by atoms with Crippen molar-refractivity contribution in [1.82, 2.24) is 15.3 Å². The van der Waals surface area contributed by atoms with Crippen LogP contribution < -0.4 is 5.32 Å². The van der Waals surface area contributed by atoms with E-state index in [1.165, 1.54) is 12.8 Å². The van der Waals surface area contributed by atoms with Crippen molar-refractivity contribution in [2.24, 2.45) is 5.41 Å². The predicted molar refractivity (Wildman–Crippen MR) is 60.4 cm³/mol. The molecule has 0 amide bonds. The van der Waals surface area contributed by atoms with Crippen LogP contribution in [0.1, 0.15) is 44.8 Å². The predicted octanol–water partition coefficient (Wildman–Crippen LogP) is 2.32. The molecule has 1 fully saturated rings. The highest BCUT2D eigenvalue weighted by molar-refractivity contribution is 5.12. The molecule has 3 heteroatoms. The number of hydrogen-bond donors (Lipinski definition) is 1. The lowest BCUT2D eigenvalue weighted by Gasteiger charge is -2.23. The molecule has 1 unspecified atom stereocenters. The highest BCUT2D eigenvalue weighted by Crippen LogP contribution is 2.53. The fourth-order valence-corrected chi connectivity index (χ4v) is 1.94. The Labute approximate surface area is 91.3 Å². The van der Waals surface area contributed by atoms with Gasteiger partial charge in [0.05, 0.1) is 11.7 Å². The summed E-state index contributed by atoms with van der Waals surface area (Å²) in [5, 5.41) is 3.59. The molecule has 0 saturated heterocycles. The van der Waals surface area contributed by atoms with E-state index in [0.29, 0.717) is 11.5 Å². The van der Waals surface area contributed by atoms with Crippen LogP contribution >= 0.6 is 0 Å². The van der Waals surface area contributed by atoms with Crippen LogP contribution in [-0.2, 0) is 0 Å². The van der Waals surface area contributed by atoms with Crippen molar-refractivity contribution < 1.29 is 0 Å². The van der Waals surface area contributed by atoms with Crippen LogP contribution in [0.25, 0.3) is 0 Å². The topological polar surface area (TPSA) is 37.8 Å². The molecule has 1 aromatic rings. The monoisotopic (exact) mass is 205 g/mol. The zero-order valence-corrected chi connectivity index (χ0v) is 9.53. The molecule has 1 aliphatic carbocycles. The van der Waals surface area contributed by atoms with Gasteiger partial charge in [-0.3, -0.25) is 9.97 Å². The Hall–Kier alpha value is -0.960. The van der Waals surface area contributed by atoms with E-state index in [4.69, 9.17) is 0 Å².